The summed E-state index contributed by atoms with van der Waals surface area (Å²) in [5.74, 6) is 2.22. The van der Waals surface area contributed by atoms with Crippen LogP contribution in [0.1, 0.15) is 45.1 Å². The first-order valence-electron chi connectivity index (χ1n) is 10.1. The van der Waals surface area contributed by atoms with Gasteiger partial charge in [-0.1, -0.05) is 26.0 Å². The number of rotatable bonds is 4. The van der Waals surface area contributed by atoms with Crippen LogP contribution in [0.25, 0.3) is 16.9 Å². The lowest BCUT2D eigenvalue weighted by Crippen LogP contribution is -2.28. The molecule has 0 bridgehead atoms. The van der Waals surface area contributed by atoms with E-state index in [2.05, 4.69) is 29.2 Å². The summed E-state index contributed by atoms with van der Waals surface area (Å²) in [4.78, 5) is 4.30. The molecule has 1 saturated carbocycles. The predicted molar refractivity (Wildman–Crippen MR) is 108 cm³/mol. The van der Waals surface area contributed by atoms with Crippen molar-refractivity contribution < 1.29 is 13.2 Å². The number of anilines is 1. The minimum Gasteiger partial charge on any atom is -0.366 e. The van der Waals surface area contributed by atoms with Crippen LogP contribution < -0.4 is 5.32 Å². The standard InChI is InChI=1S/C22H25F3N4/c1-14(2)15-6-8-18(9-7-15)27-20-10-11-21-26-13-19(29(21)28-20)16-4-3-5-17(12-16)22(23,24)25/h3-5,10-15,18H,6-9H2,1-2H3,(H,27,28). The van der Waals surface area contributed by atoms with Crippen molar-refractivity contribution >= 4 is 11.5 Å². The number of halogens is 3. The van der Waals surface area contributed by atoms with Crippen molar-refractivity contribution in [3.63, 3.8) is 0 Å². The molecular formula is C22H25F3N4. The quantitative estimate of drug-likeness (QED) is 0.578. The van der Waals surface area contributed by atoms with E-state index in [1.807, 2.05) is 12.1 Å². The van der Waals surface area contributed by atoms with Crippen molar-refractivity contribution in [3.05, 3.63) is 48.2 Å². The zero-order valence-electron chi connectivity index (χ0n) is 16.6. The van der Waals surface area contributed by atoms with Crippen LogP contribution in [0.4, 0.5) is 19.0 Å². The average molecular weight is 402 g/mol. The molecule has 154 valence electrons. The topological polar surface area (TPSA) is 42.2 Å². The maximum Gasteiger partial charge on any atom is 0.416 e. The summed E-state index contributed by atoms with van der Waals surface area (Å²) in [7, 11) is 0. The van der Waals surface area contributed by atoms with E-state index in [0.29, 0.717) is 28.9 Å². The number of benzene rings is 1. The fourth-order valence-electron chi connectivity index (χ4n) is 4.14. The summed E-state index contributed by atoms with van der Waals surface area (Å²) in [5.41, 5.74) is 0.903. The first-order chi connectivity index (χ1) is 13.8. The van der Waals surface area contributed by atoms with Crippen LogP contribution in [0, 0.1) is 11.8 Å². The molecule has 0 atom stereocenters. The van der Waals surface area contributed by atoms with Crippen molar-refractivity contribution in [1.82, 2.24) is 14.6 Å². The minimum absolute atomic E-state index is 0.371. The highest BCUT2D eigenvalue weighted by atomic mass is 19.4. The van der Waals surface area contributed by atoms with E-state index in [4.69, 9.17) is 0 Å². The largest absolute Gasteiger partial charge is 0.416 e. The summed E-state index contributed by atoms with van der Waals surface area (Å²) in [6.07, 6.45) is 1.80. The lowest BCUT2D eigenvalue weighted by molar-refractivity contribution is -0.137. The van der Waals surface area contributed by atoms with E-state index in [0.717, 1.165) is 36.7 Å². The molecule has 1 aliphatic carbocycles. The normalized spacial score (nSPS) is 20.3. The van der Waals surface area contributed by atoms with Gasteiger partial charge in [-0.3, -0.25) is 0 Å². The molecule has 7 heteroatoms. The molecule has 0 unspecified atom stereocenters. The Hall–Kier alpha value is -2.57. The third kappa shape index (κ3) is 4.23. The van der Waals surface area contributed by atoms with E-state index in [9.17, 15) is 13.2 Å². The Labute approximate surface area is 168 Å². The second kappa shape index (κ2) is 7.69. The van der Waals surface area contributed by atoms with Gasteiger partial charge in [0.25, 0.3) is 0 Å². The summed E-state index contributed by atoms with van der Waals surface area (Å²) >= 11 is 0. The maximum absolute atomic E-state index is 13.1. The van der Waals surface area contributed by atoms with Crippen LogP contribution in [-0.4, -0.2) is 20.6 Å². The molecule has 1 aliphatic rings. The van der Waals surface area contributed by atoms with Gasteiger partial charge in [-0.05, 0) is 61.8 Å². The third-order valence-electron chi connectivity index (χ3n) is 5.91. The van der Waals surface area contributed by atoms with Gasteiger partial charge in [0.2, 0.25) is 0 Å². The average Bonchev–Trinajstić information content (AvgIpc) is 3.11. The molecule has 0 saturated heterocycles. The summed E-state index contributed by atoms with van der Waals surface area (Å²) < 4.78 is 40.8. The molecular weight excluding hydrogens is 377 g/mol. The van der Waals surface area contributed by atoms with Crippen molar-refractivity contribution in [1.29, 1.82) is 0 Å². The Morgan fingerprint density at radius 1 is 1.07 bits per heavy atom. The Kier molecular flexibility index (Phi) is 5.23. The minimum atomic E-state index is -4.38. The molecule has 4 rings (SSSR count). The number of nitrogens with zero attached hydrogens (tertiary/aromatic N) is 3. The highest BCUT2D eigenvalue weighted by Crippen LogP contribution is 2.33. The number of hydrogen-bond donors (Lipinski definition) is 1. The molecule has 29 heavy (non-hydrogen) atoms. The van der Waals surface area contributed by atoms with Gasteiger partial charge >= 0.3 is 6.18 Å². The van der Waals surface area contributed by atoms with E-state index >= 15 is 0 Å². The predicted octanol–water partition coefficient (Wildman–Crippen LogP) is 6.04. The fraction of sp³-hybridized carbons (Fsp3) is 0.455. The number of alkyl halides is 3. The van der Waals surface area contributed by atoms with E-state index in [1.165, 1.54) is 18.9 Å². The molecule has 4 nitrogen and oxygen atoms in total. The molecule has 0 amide bonds. The number of hydrogen-bond acceptors (Lipinski definition) is 3. The lowest BCUT2D eigenvalue weighted by atomic mass is 9.80. The zero-order valence-corrected chi connectivity index (χ0v) is 16.6. The summed E-state index contributed by atoms with van der Waals surface area (Å²) in [6, 6.07) is 9.36. The first kappa shape index (κ1) is 19.7. The van der Waals surface area contributed by atoms with Gasteiger partial charge in [0, 0.05) is 11.6 Å². The van der Waals surface area contributed by atoms with Gasteiger partial charge in [0.1, 0.15) is 5.82 Å². The Morgan fingerprint density at radius 2 is 1.83 bits per heavy atom. The van der Waals surface area contributed by atoms with Gasteiger partial charge in [0.05, 0.1) is 17.5 Å². The van der Waals surface area contributed by atoms with Crippen LogP contribution in [-0.2, 0) is 6.18 Å². The van der Waals surface area contributed by atoms with Crippen molar-refractivity contribution in [2.45, 2.75) is 51.7 Å². The molecule has 0 radical (unpaired) electrons. The van der Waals surface area contributed by atoms with Crippen LogP contribution in [0.3, 0.4) is 0 Å². The van der Waals surface area contributed by atoms with Gasteiger partial charge < -0.3 is 5.32 Å². The van der Waals surface area contributed by atoms with Crippen LogP contribution >= 0.6 is 0 Å². The Bertz CT molecular complexity index is 985. The molecule has 0 aliphatic heterocycles. The second-order valence-corrected chi connectivity index (χ2v) is 8.21. The van der Waals surface area contributed by atoms with E-state index in [-0.39, 0.29) is 0 Å². The summed E-state index contributed by atoms with van der Waals surface area (Å²) in [5, 5.41) is 8.11. The number of nitrogens with one attached hydrogen (secondary N) is 1. The van der Waals surface area contributed by atoms with Gasteiger partial charge in [0.15, 0.2) is 5.65 Å². The molecule has 1 N–H and O–H groups in total. The molecule has 0 spiro atoms. The molecule has 2 heterocycles. The van der Waals surface area contributed by atoms with Crippen LogP contribution in [0.5, 0.6) is 0 Å². The van der Waals surface area contributed by atoms with Crippen molar-refractivity contribution in [2.75, 3.05) is 5.32 Å². The zero-order chi connectivity index (χ0) is 20.6. The highest BCUT2D eigenvalue weighted by molar-refractivity contribution is 5.64. The van der Waals surface area contributed by atoms with Crippen LogP contribution in [0.2, 0.25) is 0 Å². The van der Waals surface area contributed by atoms with Crippen LogP contribution in [0.15, 0.2) is 42.6 Å². The maximum atomic E-state index is 13.1. The SMILES string of the molecule is CC(C)C1CCC(Nc2ccc3ncc(-c4cccc(C(F)(F)F)c4)n3n2)CC1. The highest BCUT2D eigenvalue weighted by Gasteiger charge is 2.30. The van der Waals surface area contributed by atoms with Gasteiger partial charge in [-0.15, -0.1) is 5.10 Å². The number of imidazole rings is 1. The first-order valence-corrected chi connectivity index (χ1v) is 10.1. The fourth-order valence-corrected chi connectivity index (χ4v) is 4.14. The smallest absolute Gasteiger partial charge is 0.366 e. The van der Waals surface area contributed by atoms with E-state index in [1.54, 1.807) is 16.8 Å². The molecule has 3 aromatic rings. The molecule has 1 fully saturated rings. The van der Waals surface area contributed by atoms with Crippen molar-refractivity contribution in [2.24, 2.45) is 11.8 Å². The van der Waals surface area contributed by atoms with Crippen molar-refractivity contribution in [3.8, 4) is 11.3 Å². The third-order valence-corrected chi connectivity index (χ3v) is 5.91. The Morgan fingerprint density at radius 3 is 2.52 bits per heavy atom. The Balaban J connectivity index is 1.58. The second-order valence-electron chi connectivity index (χ2n) is 8.21. The van der Waals surface area contributed by atoms with E-state index < -0.39 is 11.7 Å². The number of aromatic nitrogens is 3. The monoisotopic (exact) mass is 402 g/mol. The number of fused-ring (bicyclic) bond motifs is 1. The molecule has 1 aromatic carbocycles. The van der Waals surface area contributed by atoms with Gasteiger partial charge in [-0.2, -0.15) is 13.2 Å². The molecule has 2 aromatic heterocycles. The van der Waals surface area contributed by atoms with Gasteiger partial charge in [-0.25, -0.2) is 9.50 Å². The summed E-state index contributed by atoms with van der Waals surface area (Å²) in [6.45, 7) is 4.56. The lowest BCUT2D eigenvalue weighted by Gasteiger charge is -2.31.